The van der Waals surface area contributed by atoms with Crippen molar-refractivity contribution in [3.63, 3.8) is 0 Å². The van der Waals surface area contributed by atoms with Crippen LogP contribution in [0, 0.1) is 16.6 Å². The number of piperidine rings is 2. The normalized spacial score (nSPS) is 19.1. The molecule has 4 aromatic carbocycles. The number of carbonyl (C=O) groups is 6. The molecule has 6 aliphatic heterocycles. The van der Waals surface area contributed by atoms with Crippen LogP contribution in [0.15, 0.2) is 103 Å². The lowest BCUT2D eigenvalue weighted by Crippen LogP contribution is -2.53. The summed E-state index contributed by atoms with van der Waals surface area (Å²) in [6.45, 7) is 8.55. The molecule has 4 aromatic rings. The lowest BCUT2D eigenvalue weighted by molar-refractivity contribution is -0.154. The number of carbonyl (C=O) groups excluding carboxylic acids is 4. The number of carboxylic acid groups (broad SMARTS) is 2. The molecule has 6 amide bonds. The Morgan fingerprint density at radius 3 is 1.42 bits per heavy atom. The molecule has 0 bridgehead atoms. The zero-order valence-corrected chi connectivity index (χ0v) is 44.0. The summed E-state index contributed by atoms with van der Waals surface area (Å²) < 4.78 is 24.6. The number of fused-ring (bicyclic) bond motifs is 2. The van der Waals surface area contributed by atoms with Crippen LogP contribution in [0.1, 0.15) is 95.6 Å². The van der Waals surface area contributed by atoms with Gasteiger partial charge < -0.3 is 39.3 Å². The maximum atomic E-state index is 13.8. The van der Waals surface area contributed by atoms with Crippen molar-refractivity contribution in [2.24, 2.45) is 10.8 Å². The van der Waals surface area contributed by atoms with E-state index in [-0.39, 0.29) is 93.4 Å². The molecular weight excluding hydrogens is 972 g/mol. The first-order valence-corrected chi connectivity index (χ1v) is 27.2. The molecule has 0 saturated carbocycles. The Labute approximate surface area is 445 Å². The average Bonchev–Trinajstić information content (AvgIpc) is 3.91. The number of likely N-dealkylation sites (tertiary alicyclic amines) is 2. The van der Waals surface area contributed by atoms with E-state index in [4.69, 9.17) is 9.47 Å². The van der Waals surface area contributed by atoms with Gasteiger partial charge in [-0.3, -0.25) is 29.0 Å². The van der Waals surface area contributed by atoms with E-state index < -0.39 is 22.8 Å². The number of para-hydroxylation sites is 3. The van der Waals surface area contributed by atoms with Crippen molar-refractivity contribution < 1.29 is 52.8 Å². The number of nitrogens with zero attached hydrogens (tertiary/aromatic N) is 6. The maximum absolute atomic E-state index is 13.8. The summed E-state index contributed by atoms with van der Waals surface area (Å²) in [6.07, 6.45) is 5.99. The number of benzene rings is 4. The molecular formula is C59H73FN6O10. The number of carboxylic acids is 2. The Bertz CT molecular complexity index is 2650. The summed E-state index contributed by atoms with van der Waals surface area (Å²) in [5.74, 6) is -2.68. The number of hydrogen-bond donors (Lipinski definition) is 2. The lowest BCUT2D eigenvalue weighted by Gasteiger charge is -2.42. The van der Waals surface area contributed by atoms with Crippen molar-refractivity contribution in [3.05, 3.63) is 120 Å². The number of halogens is 1. The number of anilines is 4. The van der Waals surface area contributed by atoms with E-state index in [0.717, 1.165) is 48.3 Å². The minimum absolute atomic E-state index is 0.0182. The molecule has 0 aliphatic carbocycles. The predicted molar refractivity (Wildman–Crippen MR) is 288 cm³/mol. The number of amides is 6. The Balaban J connectivity index is 0.000000195. The van der Waals surface area contributed by atoms with Gasteiger partial charge in [0.05, 0.1) is 10.8 Å². The van der Waals surface area contributed by atoms with Crippen LogP contribution in [0.5, 0.6) is 0 Å². The molecule has 406 valence electrons. The van der Waals surface area contributed by atoms with Gasteiger partial charge in [-0.15, -0.1) is 0 Å². The molecule has 76 heavy (non-hydrogen) atoms. The molecule has 0 atom stereocenters. The zero-order chi connectivity index (χ0) is 53.8. The summed E-state index contributed by atoms with van der Waals surface area (Å²) >= 11 is 0. The maximum Gasteiger partial charge on any atom is 0.324 e. The summed E-state index contributed by atoms with van der Waals surface area (Å²) in [6, 6.07) is 30.9. The molecule has 0 radical (unpaired) electrons. The Kier molecular flexibility index (Phi) is 18.5. The fourth-order valence-corrected chi connectivity index (χ4v) is 11.8. The van der Waals surface area contributed by atoms with Crippen molar-refractivity contribution >= 4 is 58.6 Å². The number of aryl methyl sites for hydroxylation is 1. The highest BCUT2D eigenvalue weighted by Gasteiger charge is 2.48. The highest BCUT2D eigenvalue weighted by molar-refractivity contribution is 5.99. The van der Waals surface area contributed by atoms with Crippen LogP contribution < -0.4 is 19.6 Å². The van der Waals surface area contributed by atoms with Crippen molar-refractivity contribution in [2.45, 2.75) is 109 Å². The third-order valence-corrected chi connectivity index (χ3v) is 16.1. The first-order chi connectivity index (χ1) is 36.9. The average molecular weight is 1050 g/mol. The van der Waals surface area contributed by atoms with Gasteiger partial charge in [0.2, 0.25) is 11.8 Å². The van der Waals surface area contributed by atoms with Gasteiger partial charge >= 0.3 is 24.0 Å². The third-order valence-electron chi connectivity index (χ3n) is 16.1. The van der Waals surface area contributed by atoms with E-state index in [1.54, 1.807) is 30.6 Å². The van der Waals surface area contributed by atoms with Crippen molar-refractivity contribution in [2.75, 3.05) is 85.3 Å². The third kappa shape index (κ3) is 12.4. The van der Waals surface area contributed by atoms with E-state index in [0.29, 0.717) is 77.6 Å². The topological polar surface area (TPSA) is 181 Å². The van der Waals surface area contributed by atoms with Crippen LogP contribution in [0.2, 0.25) is 0 Å². The second-order valence-corrected chi connectivity index (χ2v) is 20.5. The van der Waals surface area contributed by atoms with Gasteiger partial charge in [-0.05, 0) is 130 Å². The van der Waals surface area contributed by atoms with Crippen molar-refractivity contribution in [3.8, 4) is 0 Å². The van der Waals surface area contributed by atoms with Crippen molar-refractivity contribution in [1.82, 2.24) is 9.80 Å². The SMILES string of the molecule is CC.O=C(N1CCC(CC(=O)N(c2ccccc2)C2CCOCC2)(C(=O)O)CC1)N1CCCc2ccccc21.O=C(N1CCC(CC(=O)N(c2ccccc2)C2CCOCC2)(C(=O)O)CC1)N1CCc2cc(F)ccc21. The van der Waals surface area contributed by atoms with Gasteiger partial charge in [-0.25, -0.2) is 14.0 Å². The Morgan fingerprint density at radius 2 is 0.961 bits per heavy atom. The predicted octanol–water partition coefficient (Wildman–Crippen LogP) is 9.43. The largest absolute Gasteiger partial charge is 0.481 e. The lowest BCUT2D eigenvalue weighted by atomic mass is 9.75. The Hall–Kier alpha value is -6.85. The smallest absolute Gasteiger partial charge is 0.324 e. The number of ether oxygens (including phenoxy) is 2. The van der Waals surface area contributed by atoms with Crippen LogP contribution in [0.25, 0.3) is 0 Å². The molecule has 10 rings (SSSR count). The molecule has 6 heterocycles. The highest BCUT2D eigenvalue weighted by Crippen LogP contribution is 2.41. The molecule has 4 saturated heterocycles. The second-order valence-electron chi connectivity index (χ2n) is 20.5. The number of urea groups is 2. The van der Waals surface area contributed by atoms with E-state index in [9.17, 15) is 43.4 Å². The van der Waals surface area contributed by atoms with E-state index in [2.05, 4.69) is 6.07 Å². The fraction of sp³-hybridized carbons (Fsp3) is 0.492. The van der Waals surface area contributed by atoms with Gasteiger partial charge in [-0.1, -0.05) is 68.4 Å². The summed E-state index contributed by atoms with van der Waals surface area (Å²) in [5.41, 5.74) is 2.73. The Morgan fingerprint density at radius 1 is 0.539 bits per heavy atom. The van der Waals surface area contributed by atoms with Gasteiger partial charge in [0.15, 0.2) is 0 Å². The monoisotopic (exact) mass is 1040 g/mol. The van der Waals surface area contributed by atoms with E-state index in [1.807, 2.05) is 97.6 Å². The fourth-order valence-electron chi connectivity index (χ4n) is 11.8. The second kappa shape index (κ2) is 25.3. The molecule has 0 spiro atoms. The molecule has 6 aliphatic rings. The van der Waals surface area contributed by atoms with Crippen molar-refractivity contribution in [1.29, 1.82) is 0 Å². The van der Waals surface area contributed by atoms with Crippen LogP contribution in [0.3, 0.4) is 0 Å². The summed E-state index contributed by atoms with van der Waals surface area (Å²) in [7, 11) is 0. The summed E-state index contributed by atoms with van der Waals surface area (Å²) in [5, 5.41) is 20.6. The van der Waals surface area contributed by atoms with Crippen LogP contribution in [-0.4, -0.2) is 134 Å². The van der Waals surface area contributed by atoms with Gasteiger partial charge in [0.1, 0.15) is 5.82 Å². The minimum atomic E-state index is -1.24. The molecule has 16 nitrogen and oxygen atoms in total. The van der Waals surface area contributed by atoms with E-state index >= 15 is 0 Å². The molecule has 4 fully saturated rings. The summed E-state index contributed by atoms with van der Waals surface area (Å²) in [4.78, 5) is 89.7. The number of rotatable bonds is 10. The van der Waals surface area contributed by atoms with Crippen LogP contribution in [0.4, 0.5) is 36.7 Å². The quantitative estimate of drug-likeness (QED) is 0.155. The van der Waals surface area contributed by atoms with Gasteiger partial charge in [0, 0.05) is 113 Å². The first-order valence-electron chi connectivity index (χ1n) is 27.2. The highest BCUT2D eigenvalue weighted by atomic mass is 19.1. The van der Waals surface area contributed by atoms with Crippen LogP contribution in [-0.2, 0) is 41.5 Å². The standard InChI is InChI=1S/C29H35N3O5.C28H32FN3O5.C2H6/c33-26(32(23-9-2-1-3-10-23)24-12-19-37-20-13-24)21-29(27(34)35)14-17-30(18-15-29)28(36)31-16-6-8-22-7-4-5-11-25(22)31;29-21-6-7-24-20(18-21)8-13-31(24)27(36)30-14-11-28(12-15-30,26(34)35)19-25(33)32(22-4-2-1-3-5-22)23-9-16-37-17-10-23;1-2/h1-5,7,9-11,24H,6,8,12-21H2,(H,34,35);1-7,18,23H,8-17,19H2,(H,34,35);1-2H3. The minimum Gasteiger partial charge on any atom is -0.481 e. The molecule has 17 heteroatoms. The van der Waals surface area contributed by atoms with Gasteiger partial charge in [0.25, 0.3) is 0 Å². The van der Waals surface area contributed by atoms with E-state index in [1.165, 1.54) is 17.7 Å². The number of hydrogen-bond acceptors (Lipinski definition) is 8. The first kappa shape index (κ1) is 55.4. The molecule has 0 unspecified atom stereocenters. The molecule has 2 N–H and O–H groups in total. The molecule has 0 aromatic heterocycles. The number of aliphatic carboxylic acids is 2. The van der Waals surface area contributed by atoms with Gasteiger partial charge in [-0.2, -0.15) is 0 Å². The zero-order valence-electron chi connectivity index (χ0n) is 44.0. The van der Waals surface area contributed by atoms with Crippen LogP contribution >= 0.6 is 0 Å².